The molecule has 0 aromatic carbocycles. The summed E-state index contributed by atoms with van der Waals surface area (Å²) in [5.41, 5.74) is 0.914. The predicted octanol–water partition coefficient (Wildman–Crippen LogP) is 0.915. The number of hydrogen-bond donors (Lipinski definition) is 2. The van der Waals surface area contributed by atoms with Crippen molar-refractivity contribution in [3.8, 4) is 0 Å². The van der Waals surface area contributed by atoms with Crippen molar-refractivity contribution in [2.24, 2.45) is 5.92 Å². The Labute approximate surface area is 106 Å². The van der Waals surface area contributed by atoms with Crippen molar-refractivity contribution < 1.29 is 9.59 Å². The number of H-pyrrole nitrogens is 1. The normalized spacial score (nSPS) is 16.7. The van der Waals surface area contributed by atoms with Gasteiger partial charge in [0.05, 0.1) is 0 Å². The molecule has 1 saturated heterocycles. The van der Waals surface area contributed by atoms with Crippen LogP contribution in [0.2, 0.25) is 0 Å². The van der Waals surface area contributed by atoms with E-state index in [1.165, 1.54) is 0 Å². The van der Waals surface area contributed by atoms with Crippen LogP contribution < -0.4 is 5.32 Å². The first-order valence-electron chi connectivity index (χ1n) is 6.14. The van der Waals surface area contributed by atoms with E-state index in [4.69, 9.17) is 0 Å². The number of hydrogen-bond acceptors (Lipinski definition) is 3. The molecule has 2 rings (SSSR count). The first kappa shape index (κ1) is 12.6. The van der Waals surface area contributed by atoms with Gasteiger partial charge in [-0.15, -0.1) is 0 Å². The molecule has 1 aliphatic heterocycles. The molecule has 1 fully saturated rings. The maximum Gasteiger partial charge on any atom is 0.228 e. The fourth-order valence-corrected chi connectivity index (χ4v) is 2.17. The molecule has 6 heteroatoms. The number of nitrogens with zero attached hydrogens (tertiary/aromatic N) is 2. The van der Waals surface area contributed by atoms with Crippen LogP contribution in [0.4, 0.5) is 5.82 Å². The molecule has 2 amide bonds. The third-order valence-electron chi connectivity index (χ3n) is 3.27. The fourth-order valence-electron chi connectivity index (χ4n) is 2.17. The van der Waals surface area contributed by atoms with Crippen molar-refractivity contribution in [2.75, 3.05) is 18.4 Å². The Balaban J connectivity index is 1.86. The largest absolute Gasteiger partial charge is 0.343 e. The summed E-state index contributed by atoms with van der Waals surface area (Å²) in [5, 5.41) is 9.55. The maximum absolute atomic E-state index is 12.0. The molecule has 0 aliphatic carbocycles. The molecular weight excluding hydrogens is 232 g/mol. The first-order chi connectivity index (χ1) is 8.56. The monoisotopic (exact) mass is 250 g/mol. The highest BCUT2D eigenvalue weighted by Crippen LogP contribution is 2.19. The van der Waals surface area contributed by atoms with Gasteiger partial charge in [-0.05, 0) is 19.8 Å². The van der Waals surface area contributed by atoms with Crippen LogP contribution >= 0.6 is 0 Å². The summed E-state index contributed by atoms with van der Waals surface area (Å²) >= 11 is 0. The number of carbonyl (C=O) groups excluding carboxylic acids is 2. The highest BCUT2D eigenvalue weighted by Gasteiger charge is 2.26. The van der Waals surface area contributed by atoms with Crippen molar-refractivity contribution in [3.63, 3.8) is 0 Å². The van der Waals surface area contributed by atoms with Crippen LogP contribution in [0, 0.1) is 12.8 Å². The smallest absolute Gasteiger partial charge is 0.228 e. The number of likely N-dealkylation sites (tertiary alicyclic amines) is 1. The number of anilines is 1. The molecule has 2 heterocycles. The minimum absolute atomic E-state index is 0.00954. The van der Waals surface area contributed by atoms with Gasteiger partial charge >= 0.3 is 0 Å². The lowest BCUT2D eigenvalue weighted by molar-refractivity contribution is -0.132. The summed E-state index contributed by atoms with van der Waals surface area (Å²) in [6.45, 7) is 4.76. The molecule has 1 aromatic heterocycles. The number of rotatable bonds is 2. The maximum atomic E-state index is 12.0. The van der Waals surface area contributed by atoms with Crippen LogP contribution in [0.15, 0.2) is 6.07 Å². The number of aryl methyl sites for hydroxylation is 1. The van der Waals surface area contributed by atoms with Gasteiger partial charge in [0.1, 0.15) is 0 Å². The Bertz CT molecular complexity index is 447. The van der Waals surface area contributed by atoms with E-state index in [0.717, 1.165) is 18.5 Å². The Kier molecular flexibility index (Phi) is 3.64. The van der Waals surface area contributed by atoms with Crippen molar-refractivity contribution in [1.29, 1.82) is 0 Å². The van der Waals surface area contributed by atoms with E-state index >= 15 is 0 Å². The van der Waals surface area contributed by atoms with Gasteiger partial charge in [0.15, 0.2) is 5.82 Å². The Hall–Kier alpha value is -1.85. The first-order valence-corrected chi connectivity index (χ1v) is 6.14. The van der Waals surface area contributed by atoms with Crippen LogP contribution in [0.3, 0.4) is 0 Å². The third kappa shape index (κ3) is 2.88. The van der Waals surface area contributed by atoms with E-state index in [2.05, 4.69) is 15.5 Å². The number of aromatic amines is 1. The molecule has 0 bridgehead atoms. The quantitative estimate of drug-likeness (QED) is 0.819. The molecular formula is C12H18N4O2. The molecule has 0 unspecified atom stereocenters. The van der Waals surface area contributed by atoms with Crippen LogP contribution in [0.25, 0.3) is 0 Å². The lowest BCUT2D eigenvalue weighted by atomic mass is 9.96. The molecule has 1 aromatic rings. The second-order valence-electron chi connectivity index (χ2n) is 4.71. The summed E-state index contributed by atoms with van der Waals surface area (Å²) in [4.78, 5) is 24.9. The van der Waals surface area contributed by atoms with Crippen LogP contribution in [-0.2, 0) is 9.59 Å². The molecule has 0 radical (unpaired) electrons. The molecule has 0 spiro atoms. The van der Waals surface area contributed by atoms with Gasteiger partial charge < -0.3 is 10.2 Å². The average molecular weight is 250 g/mol. The lowest BCUT2D eigenvalue weighted by Gasteiger charge is -2.30. The van der Waals surface area contributed by atoms with Crippen LogP contribution in [0.1, 0.15) is 25.5 Å². The summed E-state index contributed by atoms with van der Waals surface area (Å²) in [7, 11) is 0. The number of nitrogens with one attached hydrogen (secondary N) is 2. The van der Waals surface area contributed by atoms with E-state index in [0.29, 0.717) is 18.9 Å². The molecule has 1 aliphatic rings. The SMILES string of the molecule is CC(=O)N1CCC(C(=O)Nc2cc(C)[nH]n2)CC1. The lowest BCUT2D eigenvalue weighted by Crippen LogP contribution is -2.40. The Morgan fingerprint density at radius 2 is 2.11 bits per heavy atom. The van der Waals surface area contributed by atoms with Crippen molar-refractivity contribution in [2.45, 2.75) is 26.7 Å². The fraction of sp³-hybridized carbons (Fsp3) is 0.583. The topological polar surface area (TPSA) is 78.1 Å². The van der Waals surface area contributed by atoms with Gasteiger partial charge in [0.2, 0.25) is 11.8 Å². The highest BCUT2D eigenvalue weighted by molar-refractivity contribution is 5.91. The zero-order valence-corrected chi connectivity index (χ0v) is 10.7. The van der Waals surface area contributed by atoms with E-state index in [1.807, 2.05) is 6.92 Å². The molecule has 0 atom stereocenters. The number of piperidine rings is 1. The molecule has 2 N–H and O–H groups in total. The highest BCUT2D eigenvalue weighted by atomic mass is 16.2. The van der Waals surface area contributed by atoms with E-state index in [1.54, 1.807) is 17.9 Å². The van der Waals surface area contributed by atoms with Gasteiger partial charge in [-0.25, -0.2) is 0 Å². The second kappa shape index (κ2) is 5.20. The van der Waals surface area contributed by atoms with Gasteiger partial charge in [-0.1, -0.05) is 0 Å². The van der Waals surface area contributed by atoms with Crippen molar-refractivity contribution in [1.82, 2.24) is 15.1 Å². The second-order valence-corrected chi connectivity index (χ2v) is 4.71. The van der Waals surface area contributed by atoms with Gasteiger partial charge in [0, 0.05) is 37.7 Å². The van der Waals surface area contributed by atoms with E-state index < -0.39 is 0 Å². The minimum atomic E-state index is -0.0300. The van der Waals surface area contributed by atoms with Gasteiger partial charge in [-0.2, -0.15) is 5.10 Å². The van der Waals surface area contributed by atoms with Gasteiger partial charge in [-0.3, -0.25) is 14.7 Å². The van der Waals surface area contributed by atoms with Crippen LogP contribution in [0.5, 0.6) is 0 Å². The minimum Gasteiger partial charge on any atom is -0.343 e. The third-order valence-corrected chi connectivity index (χ3v) is 3.27. The summed E-state index contributed by atoms with van der Waals surface area (Å²) in [6.07, 6.45) is 1.43. The van der Waals surface area contributed by atoms with Crippen molar-refractivity contribution >= 4 is 17.6 Å². The van der Waals surface area contributed by atoms with E-state index in [-0.39, 0.29) is 17.7 Å². The number of aromatic nitrogens is 2. The Morgan fingerprint density at radius 3 is 2.61 bits per heavy atom. The number of carbonyl (C=O) groups is 2. The molecule has 18 heavy (non-hydrogen) atoms. The van der Waals surface area contributed by atoms with Crippen LogP contribution in [-0.4, -0.2) is 40.0 Å². The summed E-state index contributed by atoms with van der Waals surface area (Å²) in [6, 6.07) is 1.79. The van der Waals surface area contributed by atoms with Gasteiger partial charge in [0.25, 0.3) is 0 Å². The number of amides is 2. The Morgan fingerprint density at radius 1 is 1.44 bits per heavy atom. The zero-order chi connectivity index (χ0) is 13.1. The summed E-state index contributed by atoms with van der Waals surface area (Å²) < 4.78 is 0. The summed E-state index contributed by atoms with van der Waals surface area (Å²) in [5.74, 6) is 0.602. The van der Waals surface area contributed by atoms with Crippen molar-refractivity contribution in [3.05, 3.63) is 11.8 Å². The average Bonchev–Trinajstić information content (AvgIpc) is 2.75. The molecule has 98 valence electrons. The molecule has 6 nitrogen and oxygen atoms in total. The predicted molar refractivity (Wildman–Crippen MR) is 66.9 cm³/mol. The zero-order valence-electron chi connectivity index (χ0n) is 10.7. The van der Waals surface area contributed by atoms with E-state index in [9.17, 15) is 9.59 Å². The standard InChI is InChI=1S/C12H18N4O2/c1-8-7-11(15-14-8)13-12(18)10-3-5-16(6-4-10)9(2)17/h7,10H,3-6H2,1-2H3,(H2,13,14,15,18). The molecule has 0 saturated carbocycles.